The molecule has 1 aromatic carbocycles. The van der Waals surface area contributed by atoms with Gasteiger partial charge in [0.15, 0.2) is 0 Å². The zero-order valence-corrected chi connectivity index (χ0v) is 9.02. The van der Waals surface area contributed by atoms with E-state index in [0.29, 0.717) is 0 Å². The number of thiol groups is 2. The van der Waals surface area contributed by atoms with Crippen LogP contribution in [0.5, 0.6) is 0 Å². The van der Waals surface area contributed by atoms with E-state index >= 15 is 0 Å². The summed E-state index contributed by atoms with van der Waals surface area (Å²) in [5, 5.41) is 0. The maximum atomic E-state index is 4.13. The summed E-state index contributed by atoms with van der Waals surface area (Å²) in [5.41, 5.74) is 2.50. The standard InChI is InChI=1S/C9H13NS2/c1-7-3-5-9(6-4-7)8(2)10(11)12/h3-6,8,11-12H,1-2H3. The van der Waals surface area contributed by atoms with Crippen molar-refractivity contribution >= 4 is 25.6 Å². The number of nitrogens with zero attached hydrogens (tertiary/aromatic N) is 1. The molecule has 0 amide bonds. The smallest absolute Gasteiger partial charge is 0.0531 e. The molecule has 0 N–H and O–H groups in total. The van der Waals surface area contributed by atoms with E-state index in [9.17, 15) is 0 Å². The molecule has 0 heterocycles. The topological polar surface area (TPSA) is 3.24 Å². The summed E-state index contributed by atoms with van der Waals surface area (Å²) in [6.45, 7) is 4.14. The Morgan fingerprint density at radius 2 is 1.67 bits per heavy atom. The van der Waals surface area contributed by atoms with Crippen molar-refractivity contribution in [1.29, 1.82) is 0 Å². The highest BCUT2D eigenvalue weighted by Gasteiger charge is 2.07. The first-order valence-electron chi connectivity index (χ1n) is 3.85. The Kier molecular flexibility index (Phi) is 3.50. The largest absolute Gasteiger partial charge is 0.193 e. The van der Waals surface area contributed by atoms with Gasteiger partial charge in [0.1, 0.15) is 0 Å². The van der Waals surface area contributed by atoms with Crippen molar-refractivity contribution in [2.45, 2.75) is 19.9 Å². The van der Waals surface area contributed by atoms with Gasteiger partial charge in [0.2, 0.25) is 0 Å². The van der Waals surface area contributed by atoms with Crippen LogP contribution in [0.15, 0.2) is 24.3 Å². The number of aryl methyl sites for hydroxylation is 1. The second-order valence-corrected chi connectivity index (χ2v) is 4.08. The summed E-state index contributed by atoms with van der Waals surface area (Å²) < 4.78 is 1.60. The van der Waals surface area contributed by atoms with Crippen molar-refractivity contribution in [1.82, 2.24) is 3.71 Å². The summed E-state index contributed by atoms with van der Waals surface area (Å²) in [7, 11) is 0. The summed E-state index contributed by atoms with van der Waals surface area (Å²) >= 11 is 8.26. The van der Waals surface area contributed by atoms with Gasteiger partial charge in [-0.2, -0.15) is 3.71 Å². The Bertz CT molecular complexity index is 243. The van der Waals surface area contributed by atoms with Gasteiger partial charge in [-0.1, -0.05) is 55.5 Å². The number of hydrogen-bond acceptors (Lipinski definition) is 3. The fraction of sp³-hybridized carbons (Fsp3) is 0.333. The van der Waals surface area contributed by atoms with Crippen LogP contribution in [0.4, 0.5) is 0 Å². The van der Waals surface area contributed by atoms with E-state index in [4.69, 9.17) is 0 Å². The molecular weight excluding hydrogens is 186 g/mol. The molecule has 0 aliphatic heterocycles. The lowest BCUT2D eigenvalue weighted by Gasteiger charge is -2.17. The van der Waals surface area contributed by atoms with E-state index in [1.807, 2.05) is 0 Å². The molecule has 1 nitrogen and oxygen atoms in total. The Labute approximate surface area is 84.9 Å². The fourth-order valence-electron chi connectivity index (χ4n) is 0.978. The molecule has 0 radical (unpaired) electrons. The molecule has 0 fully saturated rings. The van der Waals surface area contributed by atoms with Crippen LogP contribution in [0.1, 0.15) is 24.1 Å². The van der Waals surface area contributed by atoms with Crippen molar-refractivity contribution in [3.05, 3.63) is 35.4 Å². The minimum atomic E-state index is 0.234. The molecular formula is C9H13NS2. The Morgan fingerprint density at radius 1 is 1.17 bits per heavy atom. The Hall–Kier alpha value is -0.120. The van der Waals surface area contributed by atoms with Gasteiger partial charge in [-0.05, 0) is 19.4 Å². The summed E-state index contributed by atoms with van der Waals surface area (Å²) in [5.74, 6) is 0. The maximum absolute atomic E-state index is 4.13. The van der Waals surface area contributed by atoms with Gasteiger partial charge < -0.3 is 0 Å². The number of rotatable bonds is 2. The highest BCUT2D eigenvalue weighted by atomic mass is 32.2. The molecule has 1 aromatic rings. The van der Waals surface area contributed by atoms with Gasteiger partial charge in [0.05, 0.1) is 6.04 Å². The Morgan fingerprint density at radius 3 is 2.08 bits per heavy atom. The van der Waals surface area contributed by atoms with Crippen molar-refractivity contribution < 1.29 is 0 Å². The van der Waals surface area contributed by atoms with Crippen LogP contribution in [0, 0.1) is 6.92 Å². The summed E-state index contributed by atoms with van der Waals surface area (Å²) in [6, 6.07) is 8.62. The summed E-state index contributed by atoms with van der Waals surface area (Å²) in [4.78, 5) is 0. The molecule has 0 saturated heterocycles. The van der Waals surface area contributed by atoms with Crippen molar-refractivity contribution in [2.75, 3.05) is 0 Å². The van der Waals surface area contributed by atoms with E-state index in [2.05, 4.69) is 63.7 Å². The third-order valence-corrected chi connectivity index (χ3v) is 2.60. The van der Waals surface area contributed by atoms with Crippen molar-refractivity contribution in [3.63, 3.8) is 0 Å². The first-order chi connectivity index (χ1) is 5.61. The SMILES string of the molecule is Cc1ccc(C(C)N(S)S)cc1. The second kappa shape index (κ2) is 4.21. The van der Waals surface area contributed by atoms with Gasteiger partial charge in [-0.25, -0.2) is 0 Å². The van der Waals surface area contributed by atoms with E-state index in [0.717, 1.165) is 0 Å². The molecule has 0 aliphatic rings. The minimum absolute atomic E-state index is 0.234. The van der Waals surface area contributed by atoms with E-state index in [-0.39, 0.29) is 6.04 Å². The molecule has 0 spiro atoms. The van der Waals surface area contributed by atoms with Crippen LogP contribution in [0.2, 0.25) is 0 Å². The van der Waals surface area contributed by atoms with Crippen LogP contribution in [0.25, 0.3) is 0 Å². The van der Waals surface area contributed by atoms with Gasteiger partial charge in [0, 0.05) is 0 Å². The van der Waals surface area contributed by atoms with Crippen molar-refractivity contribution in [3.8, 4) is 0 Å². The lowest BCUT2D eigenvalue weighted by atomic mass is 10.1. The lowest BCUT2D eigenvalue weighted by Crippen LogP contribution is -2.05. The lowest BCUT2D eigenvalue weighted by molar-refractivity contribution is 0.595. The van der Waals surface area contributed by atoms with Gasteiger partial charge in [0.25, 0.3) is 0 Å². The quantitative estimate of drug-likeness (QED) is 0.692. The monoisotopic (exact) mass is 199 g/mol. The first-order valence-corrected chi connectivity index (χ1v) is 4.65. The third-order valence-electron chi connectivity index (χ3n) is 1.91. The van der Waals surface area contributed by atoms with Crippen LogP contribution in [0.3, 0.4) is 0 Å². The maximum Gasteiger partial charge on any atom is 0.0531 e. The van der Waals surface area contributed by atoms with Crippen LogP contribution in [-0.4, -0.2) is 3.71 Å². The first kappa shape index (κ1) is 9.96. The second-order valence-electron chi connectivity index (χ2n) is 2.91. The average Bonchev–Trinajstić information content (AvgIpc) is 2.04. The third kappa shape index (κ3) is 2.44. The zero-order chi connectivity index (χ0) is 9.14. The molecule has 3 heteroatoms. The molecule has 0 bridgehead atoms. The van der Waals surface area contributed by atoms with Gasteiger partial charge in [-0.3, -0.25) is 0 Å². The normalized spacial score (nSPS) is 13.4. The van der Waals surface area contributed by atoms with Gasteiger partial charge in [-0.15, -0.1) is 0 Å². The molecule has 1 atom stereocenters. The number of benzene rings is 1. The predicted molar refractivity (Wildman–Crippen MR) is 59.4 cm³/mol. The molecule has 1 rings (SSSR count). The van der Waals surface area contributed by atoms with Gasteiger partial charge >= 0.3 is 0 Å². The van der Waals surface area contributed by atoms with E-state index in [1.54, 1.807) is 3.71 Å². The van der Waals surface area contributed by atoms with E-state index < -0.39 is 0 Å². The minimum Gasteiger partial charge on any atom is -0.193 e. The molecule has 12 heavy (non-hydrogen) atoms. The van der Waals surface area contributed by atoms with E-state index in [1.165, 1.54) is 11.1 Å². The number of hydrogen-bond donors (Lipinski definition) is 2. The average molecular weight is 199 g/mol. The molecule has 0 aliphatic carbocycles. The highest BCUT2D eigenvalue weighted by molar-refractivity contribution is 7.93. The molecule has 0 saturated carbocycles. The molecule has 66 valence electrons. The fourth-order valence-corrected chi connectivity index (χ4v) is 1.24. The van der Waals surface area contributed by atoms with Crippen LogP contribution < -0.4 is 0 Å². The van der Waals surface area contributed by atoms with Crippen LogP contribution in [-0.2, 0) is 0 Å². The predicted octanol–water partition coefficient (Wildman–Crippen LogP) is 3.05. The van der Waals surface area contributed by atoms with Crippen molar-refractivity contribution in [2.24, 2.45) is 0 Å². The summed E-state index contributed by atoms with van der Waals surface area (Å²) in [6.07, 6.45) is 0. The molecule has 0 aromatic heterocycles. The van der Waals surface area contributed by atoms with Crippen LogP contribution >= 0.6 is 25.6 Å². The zero-order valence-electron chi connectivity index (χ0n) is 7.23. The highest BCUT2D eigenvalue weighted by Crippen LogP contribution is 2.23. The molecule has 1 unspecified atom stereocenters. The Balaban J connectivity index is 2.82.